The van der Waals surface area contributed by atoms with Gasteiger partial charge >= 0.3 is 12.6 Å². The number of carbonyl (C=O) groups is 1. The van der Waals surface area contributed by atoms with Gasteiger partial charge in [0.15, 0.2) is 0 Å². The summed E-state index contributed by atoms with van der Waals surface area (Å²) in [5.74, 6) is -0.874. The molecule has 1 aromatic carbocycles. The van der Waals surface area contributed by atoms with E-state index < -0.39 is 18.6 Å². The quantitative estimate of drug-likeness (QED) is 0.908. The molecule has 0 amide bonds. The van der Waals surface area contributed by atoms with Crippen molar-refractivity contribution < 1.29 is 23.4 Å². The van der Waals surface area contributed by atoms with Crippen LogP contribution in [0.5, 0.6) is 5.75 Å². The molecular weight excluding hydrogens is 292 g/mol. The lowest BCUT2D eigenvalue weighted by atomic mass is 10.1. The summed E-state index contributed by atoms with van der Waals surface area (Å²) in [5.41, 5.74) is 0.464. The van der Waals surface area contributed by atoms with Gasteiger partial charge in [0.25, 0.3) is 0 Å². The molecular formula is C13H14ClF2NO3. The average Bonchev–Trinajstić information content (AvgIpc) is 2.80. The zero-order valence-electron chi connectivity index (χ0n) is 10.6. The number of likely N-dealkylation sites (tertiary alicyclic amines) is 1. The Labute approximate surface area is 119 Å². The van der Waals surface area contributed by atoms with Crippen LogP contribution in [0, 0.1) is 0 Å². The second kappa shape index (κ2) is 6.37. The lowest BCUT2D eigenvalue weighted by molar-refractivity contribution is -0.142. The number of aliphatic carboxylic acids is 1. The minimum atomic E-state index is -2.93. The average molecular weight is 306 g/mol. The molecule has 0 radical (unpaired) electrons. The van der Waals surface area contributed by atoms with Gasteiger partial charge in [-0.2, -0.15) is 8.78 Å². The predicted molar refractivity (Wildman–Crippen MR) is 69.2 cm³/mol. The Kier molecular flexibility index (Phi) is 4.77. The van der Waals surface area contributed by atoms with Crippen molar-refractivity contribution >= 4 is 17.6 Å². The summed E-state index contributed by atoms with van der Waals surface area (Å²) < 4.78 is 29.2. The molecule has 1 atom stereocenters. The molecule has 0 aromatic heterocycles. The van der Waals surface area contributed by atoms with Gasteiger partial charge in [0, 0.05) is 17.1 Å². The zero-order chi connectivity index (χ0) is 14.7. The standard InChI is InChI=1S/C13H14ClF2NO3/c14-9-3-4-11(20-13(15)16)8(6-9)7-17-5-1-2-10(17)12(18)19/h3-4,6,10,13H,1-2,5,7H2,(H,18,19). The van der Waals surface area contributed by atoms with E-state index in [2.05, 4.69) is 4.74 Å². The van der Waals surface area contributed by atoms with E-state index in [1.807, 2.05) is 0 Å². The van der Waals surface area contributed by atoms with Gasteiger partial charge in [0.2, 0.25) is 0 Å². The number of hydrogen-bond acceptors (Lipinski definition) is 3. The molecule has 1 fully saturated rings. The zero-order valence-corrected chi connectivity index (χ0v) is 11.3. The SMILES string of the molecule is O=C(O)C1CCCN1Cc1cc(Cl)ccc1OC(F)F. The van der Waals surface area contributed by atoms with Crippen LogP contribution in [-0.2, 0) is 11.3 Å². The number of halogens is 3. The van der Waals surface area contributed by atoms with Gasteiger partial charge in [0.05, 0.1) is 0 Å². The lowest BCUT2D eigenvalue weighted by Gasteiger charge is -2.22. The fourth-order valence-corrected chi connectivity index (χ4v) is 2.59. The second-order valence-corrected chi connectivity index (χ2v) is 5.03. The molecule has 1 unspecified atom stereocenters. The third-order valence-corrected chi connectivity index (χ3v) is 3.50. The van der Waals surface area contributed by atoms with Crippen LogP contribution in [0.3, 0.4) is 0 Å². The highest BCUT2D eigenvalue weighted by molar-refractivity contribution is 6.30. The normalized spacial score (nSPS) is 19.5. The molecule has 2 rings (SSSR count). The van der Waals surface area contributed by atoms with E-state index >= 15 is 0 Å². The predicted octanol–water partition coefficient (Wildman–Crippen LogP) is 2.99. The van der Waals surface area contributed by atoms with E-state index in [0.29, 0.717) is 23.6 Å². The van der Waals surface area contributed by atoms with Crippen molar-refractivity contribution in [1.29, 1.82) is 0 Å². The van der Waals surface area contributed by atoms with Gasteiger partial charge in [-0.15, -0.1) is 0 Å². The van der Waals surface area contributed by atoms with Crippen molar-refractivity contribution in [2.75, 3.05) is 6.54 Å². The number of carboxylic acid groups (broad SMARTS) is 1. The highest BCUT2D eigenvalue weighted by Gasteiger charge is 2.31. The van der Waals surface area contributed by atoms with Crippen LogP contribution in [0.4, 0.5) is 8.78 Å². The van der Waals surface area contributed by atoms with Crippen LogP contribution in [0.2, 0.25) is 5.02 Å². The molecule has 0 bridgehead atoms. The smallest absolute Gasteiger partial charge is 0.387 e. The largest absolute Gasteiger partial charge is 0.480 e. The van der Waals surface area contributed by atoms with Crippen LogP contribution in [0.15, 0.2) is 18.2 Å². The molecule has 110 valence electrons. The number of alkyl halides is 2. The minimum absolute atomic E-state index is 0.0282. The summed E-state index contributed by atoms with van der Waals surface area (Å²) in [6, 6.07) is 3.77. The van der Waals surface area contributed by atoms with Crippen molar-refractivity contribution in [1.82, 2.24) is 4.90 Å². The Bertz CT molecular complexity index is 499. The summed E-state index contributed by atoms with van der Waals surface area (Å²) in [4.78, 5) is 12.8. The Hall–Kier alpha value is -1.40. The van der Waals surface area contributed by atoms with Gasteiger partial charge in [-0.05, 0) is 37.6 Å². The van der Waals surface area contributed by atoms with Crippen LogP contribution < -0.4 is 4.74 Å². The number of ether oxygens (including phenoxy) is 1. The van der Waals surface area contributed by atoms with Crippen LogP contribution in [0.25, 0.3) is 0 Å². The van der Waals surface area contributed by atoms with Gasteiger partial charge in [-0.25, -0.2) is 0 Å². The third kappa shape index (κ3) is 3.58. The Morgan fingerprint density at radius 2 is 2.30 bits per heavy atom. The third-order valence-electron chi connectivity index (χ3n) is 3.26. The van der Waals surface area contributed by atoms with E-state index in [-0.39, 0.29) is 12.3 Å². The molecule has 1 aromatic rings. The maximum atomic E-state index is 12.4. The van der Waals surface area contributed by atoms with Gasteiger partial charge in [-0.3, -0.25) is 9.69 Å². The van der Waals surface area contributed by atoms with E-state index in [1.54, 1.807) is 4.90 Å². The van der Waals surface area contributed by atoms with Crippen molar-refractivity contribution in [2.24, 2.45) is 0 Å². The number of benzene rings is 1. The van der Waals surface area contributed by atoms with Crippen molar-refractivity contribution in [3.05, 3.63) is 28.8 Å². The molecule has 4 nitrogen and oxygen atoms in total. The number of carboxylic acids is 1. The first kappa shape index (κ1) is 15.0. The van der Waals surface area contributed by atoms with Crippen LogP contribution in [-0.4, -0.2) is 35.2 Å². The van der Waals surface area contributed by atoms with E-state index in [0.717, 1.165) is 6.42 Å². The molecule has 1 saturated heterocycles. The first-order valence-electron chi connectivity index (χ1n) is 6.17. The molecule has 1 aliphatic heterocycles. The van der Waals surface area contributed by atoms with Crippen molar-refractivity contribution in [3.8, 4) is 5.75 Å². The van der Waals surface area contributed by atoms with Gasteiger partial charge in [-0.1, -0.05) is 11.6 Å². The van der Waals surface area contributed by atoms with Crippen LogP contribution >= 0.6 is 11.6 Å². The highest BCUT2D eigenvalue weighted by atomic mass is 35.5. The molecule has 0 saturated carbocycles. The highest BCUT2D eigenvalue weighted by Crippen LogP contribution is 2.28. The summed E-state index contributed by atoms with van der Waals surface area (Å²) in [7, 11) is 0. The topological polar surface area (TPSA) is 49.8 Å². The molecule has 0 spiro atoms. The summed E-state index contributed by atoms with van der Waals surface area (Å²) >= 11 is 5.86. The molecule has 1 aliphatic rings. The molecule has 20 heavy (non-hydrogen) atoms. The molecule has 0 aliphatic carbocycles. The first-order valence-corrected chi connectivity index (χ1v) is 6.55. The van der Waals surface area contributed by atoms with Crippen molar-refractivity contribution in [3.63, 3.8) is 0 Å². The summed E-state index contributed by atoms with van der Waals surface area (Å²) in [6.07, 6.45) is 1.32. The maximum absolute atomic E-state index is 12.4. The van der Waals surface area contributed by atoms with Crippen molar-refractivity contribution in [2.45, 2.75) is 32.0 Å². The fraction of sp³-hybridized carbons (Fsp3) is 0.462. The van der Waals surface area contributed by atoms with E-state index in [4.69, 9.17) is 16.7 Å². The number of nitrogens with zero attached hydrogens (tertiary/aromatic N) is 1. The fourth-order valence-electron chi connectivity index (χ4n) is 2.40. The second-order valence-electron chi connectivity index (χ2n) is 4.60. The Morgan fingerprint density at radius 1 is 1.55 bits per heavy atom. The monoisotopic (exact) mass is 305 g/mol. The molecule has 7 heteroatoms. The minimum Gasteiger partial charge on any atom is -0.480 e. The summed E-state index contributed by atoms with van der Waals surface area (Å²) in [6.45, 7) is -2.10. The van der Waals surface area contributed by atoms with Gasteiger partial charge in [0.1, 0.15) is 11.8 Å². The van der Waals surface area contributed by atoms with Gasteiger partial charge < -0.3 is 9.84 Å². The first-order chi connectivity index (χ1) is 9.47. The van der Waals surface area contributed by atoms with E-state index in [1.165, 1.54) is 18.2 Å². The lowest BCUT2D eigenvalue weighted by Crippen LogP contribution is -2.35. The number of rotatable bonds is 5. The maximum Gasteiger partial charge on any atom is 0.387 e. The van der Waals surface area contributed by atoms with Crippen LogP contribution in [0.1, 0.15) is 18.4 Å². The molecule has 1 N–H and O–H groups in total. The Morgan fingerprint density at radius 3 is 2.95 bits per heavy atom. The van der Waals surface area contributed by atoms with E-state index in [9.17, 15) is 13.6 Å². The Balaban J connectivity index is 2.19. The summed E-state index contributed by atoms with van der Waals surface area (Å²) in [5, 5.41) is 9.51. The molecule has 1 heterocycles. The number of hydrogen-bond donors (Lipinski definition) is 1.